The predicted octanol–water partition coefficient (Wildman–Crippen LogP) is 2.54. The fraction of sp³-hybridized carbons (Fsp3) is 0.350. The molecular weight excluding hydrogens is 441 g/mol. The maximum absolute atomic E-state index is 12.7. The third kappa shape index (κ3) is 4.42. The van der Waals surface area contributed by atoms with Crippen molar-refractivity contribution in [2.24, 2.45) is 4.99 Å². The first-order valence-electron chi connectivity index (χ1n) is 9.80. The summed E-state index contributed by atoms with van der Waals surface area (Å²) < 4.78 is 0. The number of nitrogens with zero attached hydrogens (tertiary/aromatic N) is 4. The van der Waals surface area contributed by atoms with Crippen LogP contribution in [-0.2, 0) is 0 Å². The quantitative estimate of drug-likeness (QED) is 0.627. The number of amides is 2. The van der Waals surface area contributed by atoms with Gasteiger partial charge in [-0.1, -0.05) is 23.2 Å². The molecule has 2 aromatic rings. The van der Waals surface area contributed by atoms with E-state index in [1.54, 1.807) is 24.3 Å². The summed E-state index contributed by atoms with van der Waals surface area (Å²) in [6.07, 6.45) is 2.87. The van der Waals surface area contributed by atoms with Crippen molar-refractivity contribution in [1.29, 1.82) is 0 Å². The molecular formula is C20H21Cl2N7O2. The van der Waals surface area contributed by atoms with E-state index in [0.717, 1.165) is 19.3 Å². The lowest BCUT2D eigenvalue weighted by Gasteiger charge is -2.37. The van der Waals surface area contributed by atoms with Crippen molar-refractivity contribution in [3.8, 4) is 0 Å². The number of amidine groups is 1. The smallest absolute Gasteiger partial charge is 0.279 e. The van der Waals surface area contributed by atoms with Crippen LogP contribution in [0.2, 0.25) is 10.2 Å². The second-order valence-corrected chi connectivity index (χ2v) is 8.46. The summed E-state index contributed by atoms with van der Waals surface area (Å²) in [6.45, 7) is 1.19. The van der Waals surface area contributed by atoms with Crippen LogP contribution in [0.1, 0.15) is 46.5 Å². The summed E-state index contributed by atoms with van der Waals surface area (Å²) in [5.74, 6) is -0.111. The van der Waals surface area contributed by atoms with E-state index in [1.165, 1.54) is 0 Å². The van der Waals surface area contributed by atoms with Gasteiger partial charge < -0.3 is 21.7 Å². The van der Waals surface area contributed by atoms with Crippen LogP contribution in [0.25, 0.3) is 0 Å². The van der Waals surface area contributed by atoms with Gasteiger partial charge in [-0.2, -0.15) is 0 Å². The minimum Gasteiger partial charge on any atom is -0.382 e. The zero-order valence-electron chi connectivity index (χ0n) is 16.6. The van der Waals surface area contributed by atoms with Crippen LogP contribution in [-0.4, -0.2) is 51.1 Å². The fourth-order valence-corrected chi connectivity index (χ4v) is 4.15. The Hall–Kier alpha value is -2.91. The molecule has 5 N–H and O–H groups in total. The lowest BCUT2D eigenvalue weighted by Crippen LogP contribution is -2.45. The van der Waals surface area contributed by atoms with E-state index in [4.69, 9.17) is 39.7 Å². The number of aromatic nitrogens is 2. The van der Waals surface area contributed by atoms with E-state index in [1.807, 2.05) is 4.90 Å². The third-order valence-corrected chi connectivity index (χ3v) is 6.18. The highest BCUT2D eigenvalue weighted by Gasteiger charge is 2.39. The van der Waals surface area contributed by atoms with Gasteiger partial charge in [-0.05, 0) is 43.5 Å². The van der Waals surface area contributed by atoms with E-state index in [0.29, 0.717) is 35.9 Å². The first-order chi connectivity index (χ1) is 14.8. The first kappa shape index (κ1) is 21.3. The number of hydrogen-bond acceptors (Lipinski definition) is 7. The number of carbonyl (C=O) groups excluding carboxylic acids is 2. The van der Waals surface area contributed by atoms with Crippen LogP contribution in [0, 0.1) is 0 Å². The fourth-order valence-electron chi connectivity index (χ4n) is 3.90. The normalized spacial score (nSPS) is 17.5. The summed E-state index contributed by atoms with van der Waals surface area (Å²) in [6, 6.07) is 6.88. The average molecular weight is 462 g/mol. The number of likely N-dealkylation sites (tertiary alicyclic amines) is 1. The molecule has 0 bridgehead atoms. The number of carbonyl (C=O) groups is 2. The number of aliphatic imine (C=N–C) groups is 1. The van der Waals surface area contributed by atoms with Crippen molar-refractivity contribution in [1.82, 2.24) is 20.2 Å². The number of hydrogen-bond donors (Lipinski definition) is 3. The Bertz CT molecular complexity index is 1060. The minimum absolute atomic E-state index is 0.0173. The molecule has 3 heterocycles. The predicted molar refractivity (Wildman–Crippen MR) is 119 cm³/mol. The molecule has 0 atom stereocenters. The van der Waals surface area contributed by atoms with Gasteiger partial charge in [0.05, 0.1) is 5.54 Å². The Labute approximate surface area is 188 Å². The van der Waals surface area contributed by atoms with Crippen molar-refractivity contribution >= 4 is 52.5 Å². The topological polar surface area (TPSA) is 140 Å². The van der Waals surface area contributed by atoms with Crippen LogP contribution in [0.3, 0.4) is 0 Å². The third-order valence-electron chi connectivity index (χ3n) is 5.65. The molecule has 1 spiro atoms. The van der Waals surface area contributed by atoms with Crippen LogP contribution in [0.5, 0.6) is 0 Å². The Morgan fingerprint density at radius 3 is 2.35 bits per heavy atom. The summed E-state index contributed by atoms with van der Waals surface area (Å²) in [4.78, 5) is 39.6. The molecule has 0 unspecified atom stereocenters. The Morgan fingerprint density at radius 1 is 1.00 bits per heavy atom. The zero-order chi connectivity index (χ0) is 22.2. The van der Waals surface area contributed by atoms with Crippen LogP contribution in [0.4, 0.5) is 11.6 Å². The molecule has 0 saturated carbocycles. The van der Waals surface area contributed by atoms with Gasteiger partial charge in [0.1, 0.15) is 5.84 Å². The number of nitrogen functional groups attached to an aromatic ring is 2. The monoisotopic (exact) mass is 461 g/mol. The Morgan fingerprint density at radius 2 is 1.68 bits per heavy atom. The van der Waals surface area contributed by atoms with E-state index in [2.05, 4.69) is 15.3 Å². The number of nitrogens with two attached hydrogens (primary N) is 2. The van der Waals surface area contributed by atoms with Crippen molar-refractivity contribution in [3.63, 3.8) is 0 Å². The van der Waals surface area contributed by atoms with Crippen LogP contribution in [0.15, 0.2) is 29.3 Å². The number of anilines is 2. The molecule has 2 aliphatic heterocycles. The van der Waals surface area contributed by atoms with Gasteiger partial charge in [-0.25, -0.2) is 9.97 Å². The average Bonchev–Trinajstić information content (AvgIpc) is 3.13. The highest BCUT2D eigenvalue weighted by molar-refractivity contribution is 6.32. The van der Waals surface area contributed by atoms with Gasteiger partial charge in [-0.15, -0.1) is 0 Å². The SMILES string of the molecule is Nc1nc(N)c(C(=O)NC2=NC3(CC2)CCN(C(=O)c2ccc(Cl)cc2)CC3)nc1Cl. The van der Waals surface area contributed by atoms with Crippen molar-refractivity contribution in [2.75, 3.05) is 24.6 Å². The largest absolute Gasteiger partial charge is 0.382 e. The van der Waals surface area contributed by atoms with E-state index in [9.17, 15) is 9.59 Å². The molecule has 9 nitrogen and oxygen atoms in total. The second kappa shape index (κ2) is 8.32. The van der Waals surface area contributed by atoms with Crippen molar-refractivity contribution in [3.05, 3.63) is 45.7 Å². The number of rotatable bonds is 2. The molecule has 4 rings (SSSR count). The number of nitrogens with one attached hydrogen (secondary N) is 1. The lowest BCUT2D eigenvalue weighted by atomic mass is 9.86. The van der Waals surface area contributed by atoms with Crippen LogP contribution >= 0.6 is 23.2 Å². The summed E-state index contributed by atoms with van der Waals surface area (Å²) in [7, 11) is 0. The number of halogens is 2. The molecule has 31 heavy (non-hydrogen) atoms. The van der Waals surface area contributed by atoms with E-state index >= 15 is 0 Å². The molecule has 1 aromatic carbocycles. The summed E-state index contributed by atoms with van der Waals surface area (Å²) in [5, 5.41) is 3.27. The maximum Gasteiger partial charge on any atom is 0.279 e. The van der Waals surface area contributed by atoms with Crippen molar-refractivity contribution in [2.45, 2.75) is 31.2 Å². The van der Waals surface area contributed by atoms with E-state index < -0.39 is 5.91 Å². The Kier molecular flexibility index (Phi) is 5.72. The first-order valence-corrected chi connectivity index (χ1v) is 10.6. The molecule has 162 valence electrons. The van der Waals surface area contributed by atoms with E-state index in [-0.39, 0.29) is 33.9 Å². The van der Waals surface area contributed by atoms with Gasteiger partial charge in [-0.3, -0.25) is 14.6 Å². The van der Waals surface area contributed by atoms with Gasteiger partial charge in [0, 0.05) is 30.1 Å². The van der Waals surface area contributed by atoms with Gasteiger partial charge in [0.25, 0.3) is 11.8 Å². The number of piperidine rings is 1. The molecule has 0 aliphatic carbocycles. The summed E-state index contributed by atoms with van der Waals surface area (Å²) >= 11 is 11.8. The zero-order valence-corrected chi connectivity index (χ0v) is 18.1. The molecule has 2 amide bonds. The molecule has 1 saturated heterocycles. The van der Waals surface area contributed by atoms with Crippen molar-refractivity contribution < 1.29 is 9.59 Å². The summed E-state index contributed by atoms with van der Waals surface area (Å²) in [5.41, 5.74) is 11.5. The molecule has 1 fully saturated rings. The van der Waals surface area contributed by atoms with Gasteiger partial charge >= 0.3 is 0 Å². The van der Waals surface area contributed by atoms with Crippen LogP contribution < -0.4 is 16.8 Å². The maximum atomic E-state index is 12.7. The molecule has 11 heteroatoms. The molecule has 0 radical (unpaired) electrons. The highest BCUT2D eigenvalue weighted by atomic mass is 35.5. The molecule has 1 aromatic heterocycles. The Balaban J connectivity index is 1.39. The number of benzene rings is 1. The highest BCUT2D eigenvalue weighted by Crippen LogP contribution is 2.36. The van der Waals surface area contributed by atoms with Gasteiger partial charge in [0.2, 0.25) is 0 Å². The minimum atomic E-state index is -0.530. The second-order valence-electron chi connectivity index (χ2n) is 7.67. The lowest BCUT2D eigenvalue weighted by molar-refractivity contribution is 0.0673. The molecule has 2 aliphatic rings. The standard InChI is InChI=1S/C20H21Cl2N7O2/c21-12-3-1-11(2-4-12)19(31)29-9-7-20(8-10-29)6-5-13(28-20)25-18(30)14-16(23)27-17(24)15(22)26-14/h1-4H,5-10H2,(H4,23,24,27)(H,25,28,30). The van der Waals surface area contributed by atoms with Gasteiger partial charge in [0.15, 0.2) is 22.5 Å².